The van der Waals surface area contributed by atoms with Gasteiger partial charge in [-0.15, -0.1) is 0 Å². The molecule has 0 bridgehead atoms. The predicted molar refractivity (Wildman–Crippen MR) is 155 cm³/mol. The van der Waals surface area contributed by atoms with Crippen molar-refractivity contribution in [3.63, 3.8) is 0 Å². The van der Waals surface area contributed by atoms with Gasteiger partial charge >= 0.3 is 0 Å². The maximum atomic E-state index is 13.8. The van der Waals surface area contributed by atoms with Gasteiger partial charge in [-0.2, -0.15) is 0 Å². The van der Waals surface area contributed by atoms with Gasteiger partial charge in [-0.25, -0.2) is 0 Å². The van der Waals surface area contributed by atoms with Gasteiger partial charge < -0.3 is 9.64 Å². The number of aryl methyl sites for hydroxylation is 1. The number of benzene rings is 3. The molecule has 1 fully saturated rings. The first-order valence-electron chi connectivity index (χ1n) is 14.4. The van der Waals surface area contributed by atoms with E-state index in [9.17, 15) is 4.79 Å². The molecule has 0 spiro atoms. The molecule has 4 heteroatoms. The normalized spacial score (nSPS) is 18.0. The molecule has 38 heavy (non-hydrogen) atoms. The highest BCUT2D eigenvalue weighted by Crippen LogP contribution is 2.31. The number of hydrogen-bond acceptors (Lipinski definition) is 3. The number of hydrogen-bond donors (Lipinski definition) is 0. The Morgan fingerprint density at radius 3 is 2.18 bits per heavy atom. The highest BCUT2D eigenvalue weighted by atomic mass is 16.5. The van der Waals surface area contributed by atoms with Gasteiger partial charge in [0.15, 0.2) is 0 Å². The summed E-state index contributed by atoms with van der Waals surface area (Å²) >= 11 is 0. The molecule has 0 aromatic heterocycles. The van der Waals surface area contributed by atoms with E-state index in [1.165, 1.54) is 24.0 Å². The summed E-state index contributed by atoms with van der Waals surface area (Å²) in [7, 11) is 1.75. The van der Waals surface area contributed by atoms with Gasteiger partial charge in [-0.05, 0) is 85.4 Å². The number of ether oxygens (including phenoxy) is 1. The number of carbonyl (C=O) groups excluding carboxylic acids is 1. The summed E-state index contributed by atoms with van der Waals surface area (Å²) < 4.78 is 5.45. The van der Waals surface area contributed by atoms with Crippen molar-refractivity contribution in [2.45, 2.75) is 57.4 Å². The van der Waals surface area contributed by atoms with Crippen LogP contribution in [-0.4, -0.2) is 55.0 Å². The van der Waals surface area contributed by atoms with Crippen LogP contribution < -0.4 is 4.74 Å². The second kappa shape index (κ2) is 12.6. The third-order valence-corrected chi connectivity index (χ3v) is 8.57. The molecule has 0 saturated carbocycles. The van der Waals surface area contributed by atoms with Crippen LogP contribution in [0.5, 0.6) is 5.75 Å². The molecule has 5 rings (SSSR count). The van der Waals surface area contributed by atoms with Crippen LogP contribution in [0.25, 0.3) is 0 Å². The Labute approximate surface area is 228 Å². The van der Waals surface area contributed by atoms with Crippen LogP contribution in [0.2, 0.25) is 0 Å². The van der Waals surface area contributed by atoms with Crippen molar-refractivity contribution in [1.29, 1.82) is 0 Å². The van der Waals surface area contributed by atoms with E-state index in [1.807, 2.05) is 36.4 Å². The molecule has 4 nitrogen and oxygen atoms in total. The standard InChI is InChI=1S/C34H42N2O2/c1-3-20-36(31-16-14-30-24-32(38-2)17-15-29(30)23-31)25-26-18-21-35(22-19-26)34(37)33(27-10-6-4-7-11-27)28-12-8-5-9-13-28/h4-13,15,17,24,26,31,33H,3,14,16,18-23,25H2,1-2H3. The zero-order chi connectivity index (χ0) is 26.3. The van der Waals surface area contributed by atoms with Gasteiger partial charge in [0.25, 0.3) is 0 Å². The maximum Gasteiger partial charge on any atom is 0.234 e. The molecule has 0 N–H and O–H groups in total. The van der Waals surface area contributed by atoms with E-state index < -0.39 is 0 Å². The molecule has 1 aliphatic carbocycles. The molecule has 200 valence electrons. The molecule has 1 atom stereocenters. The van der Waals surface area contributed by atoms with Crippen molar-refractivity contribution < 1.29 is 9.53 Å². The Morgan fingerprint density at radius 2 is 1.58 bits per heavy atom. The van der Waals surface area contributed by atoms with Crippen LogP contribution >= 0.6 is 0 Å². The minimum atomic E-state index is -0.230. The quantitative estimate of drug-likeness (QED) is 0.337. The molecule has 1 aliphatic heterocycles. The predicted octanol–water partition coefficient (Wildman–Crippen LogP) is 6.34. The number of fused-ring (bicyclic) bond motifs is 1. The highest BCUT2D eigenvalue weighted by Gasteiger charge is 2.32. The fourth-order valence-electron chi connectivity index (χ4n) is 6.48. The lowest BCUT2D eigenvalue weighted by molar-refractivity contribution is -0.133. The minimum absolute atomic E-state index is 0.230. The maximum absolute atomic E-state index is 13.8. The van der Waals surface area contributed by atoms with E-state index in [2.05, 4.69) is 59.2 Å². The molecule has 1 heterocycles. The van der Waals surface area contributed by atoms with Crippen LogP contribution in [0, 0.1) is 5.92 Å². The van der Waals surface area contributed by atoms with Gasteiger partial charge in [-0.3, -0.25) is 9.69 Å². The van der Waals surface area contributed by atoms with Gasteiger partial charge in [0.05, 0.1) is 13.0 Å². The lowest BCUT2D eigenvalue weighted by Gasteiger charge is -2.40. The Bertz CT molecular complexity index is 1130. The second-order valence-electron chi connectivity index (χ2n) is 11.0. The van der Waals surface area contributed by atoms with Crippen molar-refractivity contribution in [3.8, 4) is 5.75 Å². The van der Waals surface area contributed by atoms with E-state index in [0.717, 1.165) is 68.7 Å². The van der Waals surface area contributed by atoms with Crippen LogP contribution in [0.1, 0.15) is 60.8 Å². The minimum Gasteiger partial charge on any atom is -0.497 e. The van der Waals surface area contributed by atoms with Crippen molar-refractivity contribution in [3.05, 3.63) is 101 Å². The lowest BCUT2D eigenvalue weighted by Crippen LogP contribution is -2.46. The zero-order valence-corrected chi connectivity index (χ0v) is 23.0. The first kappa shape index (κ1) is 26.5. The Kier molecular flexibility index (Phi) is 8.80. The Hall–Kier alpha value is -3.11. The van der Waals surface area contributed by atoms with Crippen molar-refractivity contribution >= 4 is 5.91 Å². The van der Waals surface area contributed by atoms with Gasteiger partial charge in [0, 0.05) is 25.7 Å². The number of carbonyl (C=O) groups is 1. The first-order chi connectivity index (χ1) is 18.7. The summed E-state index contributed by atoms with van der Waals surface area (Å²) in [6.45, 7) is 6.30. The van der Waals surface area contributed by atoms with Crippen LogP contribution in [-0.2, 0) is 17.6 Å². The third-order valence-electron chi connectivity index (χ3n) is 8.57. The summed E-state index contributed by atoms with van der Waals surface area (Å²) in [4.78, 5) is 18.7. The van der Waals surface area contributed by atoms with Crippen LogP contribution in [0.3, 0.4) is 0 Å². The van der Waals surface area contributed by atoms with Crippen LogP contribution in [0.4, 0.5) is 0 Å². The Balaban J connectivity index is 1.21. The first-order valence-corrected chi connectivity index (χ1v) is 14.4. The summed E-state index contributed by atoms with van der Waals surface area (Å²) in [5.41, 5.74) is 5.09. The van der Waals surface area contributed by atoms with E-state index in [-0.39, 0.29) is 11.8 Å². The summed E-state index contributed by atoms with van der Waals surface area (Å²) in [5, 5.41) is 0. The third kappa shape index (κ3) is 6.13. The van der Waals surface area contributed by atoms with Crippen molar-refractivity contribution in [2.24, 2.45) is 5.92 Å². The van der Waals surface area contributed by atoms with Crippen LogP contribution in [0.15, 0.2) is 78.9 Å². The largest absolute Gasteiger partial charge is 0.497 e. The smallest absolute Gasteiger partial charge is 0.234 e. The molecule has 1 saturated heterocycles. The molecule has 2 aliphatic rings. The molecular weight excluding hydrogens is 468 g/mol. The fraction of sp³-hybridized carbons (Fsp3) is 0.441. The molecule has 3 aromatic rings. The van der Waals surface area contributed by atoms with Crippen molar-refractivity contribution in [2.75, 3.05) is 33.3 Å². The van der Waals surface area contributed by atoms with E-state index >= 15 is 0 Å². The monoisotopic (exact) mass is 510 g/mol. The number of methoxy groups -OCH3 is 1. The highest BCUT2D eigenvalue weighted by molar-refractivity contribution is 5.87. The fourth-order valence-corrected chi connectivity index (χ4v) is 6.48. The van der Waals surface area contributed by atoms with Gasteiger partial charge in [-0.1, -0.05) is 73.7 Å². The summed E-state index contributed by atoms with van der Waals surface area (Å²) in [6, 6.07) is 27.7. The number of amides is 1. The number of rotatable bonds is 9. The lowest BCUT2D eigenvalue weighted by atomic mass is 9.86. The molecule has 1 unspecified atom stereocenters. The second-order valence-corrected chi connectivity index (χ2v) is 11.0. The van der Waals surface area contributed by atoms with E-state index in [1.54, 1.807) is 7.11 Å². The number of nitrogens with zero attached hydrogens (tertiary/aromatic N) is 2. The van der Waals surface area contributed by atoms with E-state index in [0.29, 0.717) is 12.0 Å². The number of likely N-dealkylation sites (tertiary alicyclic amines) is 1. The molecule has 1 amide bonds. The van der Waals surface area contributed by atoms with Crippen molar-refractivity contribution in [1.82, 2.24) is 9.80 Å². The average molecular weight is 511 g/mol. The van der Waals surface area contributed by atoms with Gasteiger partial charge in [0.2, 0.25) is 5.91 Å². The SMILES string of the molecule is CCCN(CC1CCN(C(=O)C(c2ccccc2)c2ccccc2)CC1)C1CCc2cc(OC)ccc2C1. The average Bonchev–Trinajstić information content (AvgIpc) is 2.98. The summed E-state index contributed by atoms with van der Waals surface area (Å²) in [5.74, 6) is 1.63. The zero-order valence-electron chi connectivity index (χ0n) is 23.0. The Morgan fingerprint density at radius 1 is 0.921 bits per heavy atom. The number of piperidine rings is 1. The topological polar surface area (TPSA) is 32.8 Å². The summed E-state index contributed by atoms with van der Waals surface area (Å²) in [6.07, 6.45) is 6.83. The van der Waals surface area contributed by atoms with Gasteiger partial charge in [0.1, 0.15) is 5.75 Å². The van der Waals surface area contributed by atoms with E-state index in [4.69, 9.17) is 4.74 Å². The molecule has 0 radical (unpaired) electrons. The molecule has 3 aromatic carbocycles. The molecular formula is C34H42N2O2.